The molecule has 0 aliphatic heterocycles. The van der Waals surface area contributed by atoms with E-state index in [1.54, 1.807) is 0 Å². The molecule has 0 unspecified atom stereocenters. The molecule has 1 rings (SSSR count). The molecule has 0 aliphatic rings. The summed E-state index contributed by atoms with van der Waals surface area (Å²) < 4.78 is 24.4. The zero-order valence-corrected chi connectivity index (χ0v) is 6.88. The van der Waals surface area contributed by atoms with E-state index in [-0.39, 0.29) is 4.47 Å². The SMILES string of the molecule is O=c1c(Br)cccn1C(F)F. The third kappa shape index (κ3) is 1.65. The first-order valence-electron chi connectivity index (χ1n) is 2.77. The average molecular weight is 224 g/mol. The van der Waals surface area contributed by atoms with Crippen molar-refractivity contribution in [1.29, 1.82) is 0 Å². The van der Waals surface area contributed by atoms with Gasteiger partial charge in [-0.05, 0) is 28.1 Å². The number of halogens is 3. The molecule has 0 saturated heterocycles. The Morgan fingerprint density at radius 1 is 1.55 bits per heavy atom. The second kappa shape index (κ2) is 3.13. The van der Waals surface area contributed by atoms with Crippen molar-refractivity contribution < 1.29 is 8.78 Å². The molecular weight excluding hydrogens is 220 g/mol. The first kappa shape index (κ1) is 8.39. The van der Waals surface area contributed by atoms with Crippen molar-refractivity contribution in [3.8, 4) is 0 Å². The third-order valence-corrected chi connectivity index (χ3v) is 1.74. The van der Waals surface area contributed by atoms with Gasteiger partial charge in [-0.2, -0.15) is 8.78 Å². The molecule has 2 nitrogen and oxygen atoms in total. The first-order valence-corrected chi connectivity index (χ1v) is 3.57. The highest BCUT2D eigenvalue weighted by Crippen LogP contribution is 2.08. The van der Waals surface area contributed by atoms with E-state index in [1.165, 1.54) is 12.1 Å². The minimum absolute atomic E-state index is 0.139. The van der Waals surface area contributed by atoms with Crippen LogP contribution in [0.1, 0.15) is 6.55 Å². The van der Waals surface area contributed by atoms with Crippen molar-refractivity contribution in [3.05, 3.63) is 33.2 Å². The lowest BCUT2D eigenvalue weighted by molar-refractivity contribution is 0.0661. The highest BCUT2D eigenvalue weighted by Gasteiger charge is 2.07. The van der Waals surface area contributed by atoms with E-state index in [0.717, 1.165) is 6.20 Å². The Balaban J connectivity index is 3.28. The Morgan fingerprint density at radius 3 is 2.64 bits per heavy atom. The molecule has 0 fully saturated rings. The fourth-order valence-electron chi connectivity index (χ4n) is 0.636. The second-order valence-corrected chi connectivity index (χ2v) is 2.70. The number of pyridine rings is 1. The molecule has 0 atom stereocenters. The lowest BCUT2D eigenvalue weighted by atomic mass is 10.5. The Kier molecular flexibility index (Phi) is 2.38. The number of nitrogens with zero attached hydrogens (tertiary/aromatic N) is 1. The van der Waals surface area contributed by atoms with Crippen LogP contribution in [0.15, 0.2) is 27.6 Å². The summed E-state index contributed by atoms with van der Waals surface area (Å²) in [5.41, 5.74) is -0.720. The van der Waals surface area contributed by atoms with E-state index >= 15 is 0 Å². The molecule has 0 aliphatic carbocycles. The molecule has 0 bridgehead atoms. The standard InChI is InChI=1S/C6H4BrF2NO/c7-4-2-1-3-10(5(4)11)6(8)9/h1-3,6H. The average Bonchev–Trinajstić information content (AvgIpc) is 1.94. The summed E-state index contributed by atoms with van der Waals surface area (Å²) in [6.07, 6.45) is 1.04. The van der Waals surface area contributed by atoms with Crippen LogP contribution in [-0.2, 0) is 0 Å². The quantitative estimate of drug-likeness (QED) is 0.714. The predicted molar refractivity (Wildman–Crippen MR) is 39.7 cm³/mol. The monoisotopic (exact) mass is 223 g/mol. The highest BCUT2D eigenvalue weighted by atomic mass is 79.9. The van der Waals surface area contributed by atoms with Crippen molar-refractivity contribution in [3.63, 3.8) is 0 Å². The first-order chi connectivity index (χ1) is 5.13. The van der Waals surface area contributed by atoms with Crippen molar-refractivity contribution in [2.75, 3.05) is 0 Å². The van der Waals surface area contributed by atoms with Crippen LogP contribution in [0.4, 0.5) is 8.78 Å². The van der Waals surface area contributed by atoms with Crippen LogP contribution in [0.25, 0.3) is 0 Å². The van der Waals surface area contributed by atoms with Gasteiger partial charge >= 0.3 is 6.55 Å². The number of rotatable bonds is 1. The fraction of sp³-hybridized carbons (Fsp3) is 0.167. The molecule has 5 heteroatoms. The molecule has 0 amide bonds. The lowest BCUT2D eigenvalue weighted by Crippen LogP contribution is -2.19. The molecule has 1 aromatic heterocycles. The zero-order chi connectivity index (χ0) is 8.43. The van der Waals surface area contributed by atoms with E-state index in [2.05, 4.69) is 15.9 Å². The van der Waals surface area contributed by atoms with Gasteiger partial charge in [0.25, 0.3) is 5.56 Å². The van der Waals surface area contributed by atoms with Crippen molar-refractivity contribution in [1.82, 2.24) is 4.57 Å². The van der Waals surface area contributed by atoms with Crippen LogP contribution >= 0.6 is 15.9 Å². The van der Waals surface area contributed by atoms with Crippen molar-refractivity contribution in [2.24, 2.45) is 0 Å². The maximum Gasteiger partial charge on any atom is 0.321 e. The lowest BCUT2D eigenvalue weighted by Gasteiger charge is -2.01. The van der Waals surface area contributed by atoms with Gasteiger partial charge in [0, 0.05) is 6.20 Å². The van der Waals surface area contributed by atoms with Gasteiger partial charge in [-0.25, -0.2) is 0 Å². The van der Waals surface area contributed by atoms with E-state index in [0.29, 0.717) is 4.57 Å². The van der Waals surface area contributed by atoms with E-state index in [9.17, 15) is 13.6 Å². The third-order valence-electron chi connectivity index (χ3n) is 1.14. The number of aromatic nitrogens is 1. The molecule has 0 N–H and O–H groups in total. The van der Waals surface area contributed by atoms with Gasteiger partial charge in [0.15, 0.2) is 0 Å². The molecule has 0 spiro atoms. The van der Waals surface area contributed by atoms with Crippen molar-refractivity contribution in [2.45, 2.75) is 6.55 Å². The summed E-state index contributed by atoms with van der Waals surface area (Å²) in [5, 5.41) is 0. The Morgan fingerprint density at radius 2 is 2.18 bits per heavy atom. The Bertz CT molecular complexity index is 310. The molecule has 1 heterocycles. The number of hydrogen-bond acceptors (Lipinski definition) is 1. The van der Waals surface area contributed by atoms with Crippen LogP contribution in [0.2, 0.25) is 0 Å². The topological polar surface area (TPSA) is 22.0 Å². The zero-order valence-electron chi connectivity index (χ0n) is 5.30. The molecule has 0 radical (unpaired) electrons. The molecule has 0 saturated carbocycles. The summed E-state index contributed by atoms with van der Waals surface area (Å²) in [6, 6.07) is 2.79. The summed E-state index contributed by atoms with van der Waals surface area (Å²) in [7, 11) is 0. The predicted octanol–water partition coefficient (Wildman–Crippen LogP) is 2.01. The van der Waals surface area contributed by atoms with E-state index < -0.39 is 12.1 Å². The summed E-state index contributed by atoms with van der Waals surface area (Å²) in [6.45, 7) is -2.78. The Labute approximate surface area is 69.6 Å². The maximum absolute atomic E-state index is 12.0. The van der Waals surface area contributed by atoms with Gasteiger partial charge in [0.05, 0.1) is 4.47 Å². The fourth-order valence-corrected chi connectivity index (χ4v) is 0.994. The normalized spacial score (nSPS) is 10.5. The van der Waals surface area contributed by atoms with Crippen LogP contribution in [0, 0.1) is 0 Å². The molecular formula is C6H4BrF2NO. The number of hydrogen-bond donors (Lipinski definition) is 0. The summed E-state index contributed by atoms with van der Waals surface area (Å²) in [5.74, 6) is 0. The van der Waals surface area contributed by atoms with Crippen LogP contribution in [0.5, 0.6) is 0 Å². The minimum atomic E-state index is -2.78. The molecule has 11 heavy (non-hydrogen) atoms. The molecule has 60 valence electrons. The van der Waals surface area contributed by atoms with Gasteiger partial charge in [0.1, 0.15) is 0 Å². The van der Waals surface area contributed by atoms with Crippen LogP contribution in [0.3, 0.4) is 0 Å². The summed E-state index contributed by atoms with van der Waals surface area (Å²) in [4.78, 5) is 10.8. The van der Waals surface area contributed by atoms with Crippen LogP contribution in [-0.4, -0.2) is 4.57 Å². The van der Waals surface area contributed by atoms with Crippen LogP contribution < -0.4 is 5.56 Å². The van der Waals surface area contributed by atoms with Gasteiger partial charge in [-0.15, -0.1) is 0 Å². The summed E-state index contributed by atoms with van der Waals surface area (Å²) >= 11 is 2.85. The second-order valence-electron chi connectivity index (χ2n) is 1.85. The largest absolute Gasteiger partial charge is 0.321 e. The van der Waals surface area contributed by atoms with Gasteiger partial charge < -0.3 is 0 Å². The minimum Gasteiger partial charge on any atom is -0.268 e. The molecule has 0 aromatic carbocycles. The maximum atomic E-state index is 12.0. The van der Waals surface area contributed by atoms with E-state index in [4.69, 9.17) is 0 Å². The van der Waals surface area contributed by atoms with Gasteiger partial charge in [0.2, 0.25) is 0 Å². The van der Waals surface area contributed by atoms with Gasteiger partial charge in [-0.3, -0.25) is 9.36 Å². The molecule has 1 aromatic rings. The highest BCUT2D eigenvalue weighted by molar-refractivity contribution is 9.10. The van der Waals surface area contributed by atoms with Crippen molar-refractivity contribution >= 4 is 15.9 Å². The number of alkyl halides is 2. The Hall–Kier alpha value is -0.710. The van der Waals surface area contributed by atoms with Gasteiger partial charge in [-0.1, -0.05) is 0 Å². The van der Waals surface area contributed by atoms with E-state index in [1.807, 2.05) is 0 Å². The smallest absolute Gasteiger partial charge is 0.268 e.